The molecule has 6 heteroatoms. The Morgan fingerprint density at radius 1 is 1.24 bits per heavy atom. The van der Waals surface area contributed by atoms with E-state index in [9.17, 15) is 8.78 Å². The number of rotatable bonds is 2. The number of halogens is 3. The summed E-state index contributed by atoms with van der Waals surface area (Å²) in [6.45, 7) is 0. The van der Waals surface area contributed by atoms with Crippen LogP contribution in [0.3, 0.4) is 0 Å². The smallest absolute Gasteiger partial charge is 0.153 e. The van der Waals surface area contributed by atoms with Crippen LogP contribution in [0.5, 0.6) is 0 Å². The summed E-state index contributed by atoms with van der Waals surface area (Å²) in [4.78, 5) is 3.93. The third-order valence-electron chi connectivity index (χ3n) is 2.10. The number of benzene rings is 1. The number of nitrogens with one attached hydrogen (secondary N) is 1. The summed E-state index contributed by atoms with van der Waals surface area (Å²) >= 11 is 2.90. The number of anilines is 3. The highest BCUT2D eigenvalue weighted by molar-refractivity contribution is 9.10. The van der Waals surface area contributed by atoms with E-state index in [1.165, 1.54) is 6.20 Å². The summed E-state index contributed by atoms with van der Waals surface area (Å²) in [6.07, 6.45) is 1.51. The van der Waals surface area contributed by atoms with Crippen molar-refractivity contribution < 1.29 is 8.78 Å². The first-order chi connectivity index (χ1) is 8.08. The summed E-state index contributed by atoms with van der Waals surface area (Å²) in [5, 5.41) is 2.64. The first-order valence-electron chi connectivity index (χ1n) is 4.70. The molecule has 17 heavy (non-hydrogen) atoms. The molecule has 2 rings (SSSR count). The molecular formula is C11H8BrF2N3. The number of nitrogens with two attached hydrogens (primary N) is 1. The van der Waals surface area contributed by atoms with Crippen molar-refractivity contribution >= 4 is 33.1 Å². The summed E-state index contributed by atoms with van der Waals surface area (Å²) in [7, 11) is 0. The topological polar surface area (TPSA) is 50.9 Å². The van der Waals surface area contributed by atoms with Crippen LogP contribution < -0.4 is 11.1 Å². The van der Waals surface area contributed by atoms with Gasteiger partial charge in [-0.25, -0.2) is 13.8 Å². The second-order valence-corrected chi connectivity index (χ2v) is 4.17. The molecule has 2 aromatic rings. The van der Waals surface area contributed by atoms with Gasteiger partial charge in [0.25, 0.3) is 0 Å². The molecule has 88 valence electrons. The Hall–Kier alpha value is -1.69. The molecular weight excluding hydrogens is 292 g/mol. The fraction of sp³-hybridized carbons (Fsp3) is 0. The predicted octanol–water partition coefficient (Wildman–Crippen LogP) is 3.45. The van der Waals surface area contributed by atoms with Gasteiger partial charge in [0.15, 0.2) is 5.82 Å². The van der Waals surface area contributed by atoms with Crippen molar-refractivity contribution in [2.75, 3.05) is 11.1 Å². The van der Waals surface area contributed by atoms with Gasteiger partial charge in [0.1, 0.15) is 11.6 Å². The lowest BCUT2D eigenvalue weighted by atomic mass is 10.3. The zero-order chi connectivity index (χ0) is 12.4. The maximum absolute atomic E-state index is 13.5. The van der Waals surface area contributed by atoms with E-state index in [1.807, 2.05) is 0 Å². The van der Waals surface area contributed by atoms with Gasteiger partial charge in [-0.05, 0) is 34.1 Å². The summed E-state index contributed by atoms with van der Waals surface area (Å²) in [5.41, 5.74) is 5.98. The van der Waals surface area contributed by atoms with E-state index in [0.717, 1.165) is 12.1 Å². The minimum absolute atomic E-state index is 0.0175. The van der Waals surface area contributed by atoms with Crippen LogP contribution in [0, 0.1) is 11.6 Å². The minimum Gasteiger partial charge on any atom is -0.396 e. The molecule has 0 saturated carbocycles. The van der Waals surface area contributed by atoms with Crippen molar-refractivity contribution in [2.45, 2.75) is 0 Å². The third-order valence-corrected chi connectivity index (χ3v) is 2.71. The normalized spacial score (nSPS) is 10.3. The van der Waals surface area contributed by atoms with Gasteiger partial charge in [-0.1, -0.05) is 0 Å². The van der Waals surface area contributed by atoms with Crippen molar-refractivity contribution in [2.24, 2.45) is 0 Å². The van der Waals surface area contributed by atoms with Gasteiger partial charge >= 0.3 is 0 Å². The van der Waals surface area contributed by atoms with Gasteiger partial charge in [-0.3, -0.25) is 0 Å². The number of hydrogen-bond acceptors (Lipinski definition) is 3. The number of hydrogen-bond donors (Lipinski definition) is 2. The van der Waals surface area contributed by atoms with Gasteiger partial charge in [-0.15, -0.1) is 0 Å². The first-order valence-corrected chi connectivity index (χ1v) is 5.49. The van der Waals surface area contributed by atoms with E-state index >= 15 is 0 Å². The highest BCUT2D eigenvalue weighted by Crippen LogP contribution is 2.27. The van der Waals surface area contributed by atoms with Crippen molar-refractivity contribution in [3.63, 3.8) is 0 Å². The van der Waals surface area contributed by atoms with Crippen molar-refractivity contribution in [1.82, 2.24) is 4.98 Å². The molecule has 0 saturated heterocycles. The monoisotopic (exact) mass is 299 g/mol. The fourth-order valence-corrected chi connectivity index (χ4v) is 1.58. The van der Waals surface area contributed by atoms with Gasteiger partial charge < -0.3 is 11.1 Å². The van der Waals surface area contributed by atoms with Crippen LogP contribution >= 0.6 is 15.9 Å². The van der Waals surface area contributed by atoms with Crippen LogP contribution in [0.4, 0.5) is 26.0 Å². The first kappa shape index (κ1) is 11.8. The van der Waals surface area contributed by atoms with Crippen LogP contribution in [0.2, 0.25) is 0 Å². The number of pyridine rings is 1. The molecule has 0 unspecified atom stereocenters. The number of nitrogen functional groups attached to an aromatic ring is 1. The van der Waals surface area contributed by atoms with Crippen molar-refractivity contribution in [3.8, 4) is 0 Å². The van der Waals surface area contributed by atoms with E-state index in [-0.39, 0.29) is 16.0 Å². The maximum atomic E-state index is 13.5. The summed E-state index contributed by atoms with van der Waals surface area (Å²) in [5.74, 6) is -0.875. The highest BCUT2D eigenvalue weighted by Gasteiger charge is 2.09. The van der Waals surface area contributed by atoms with Crippen LogP contribution in [0.15, 0.2) is 34.9 Å². The van der Waals surface area contributed by atoms with Crippen LogP contribution in [-0.2, 0) is 0 Å². The second-order valence-electron chi connectivity index (χ2n) is 3.31. The van der Waals surface area contributed by atoms with Gasteiger partial charge in [0.05, 0.1) is 15.8 Å². The van der Waals surface area contributed by atoms with E-state index in [2.05, 4.69) is 26.2 Å². The lowest BCUT2D eigenvalue weighted by Gasteiger charge is -2.09. The maximum Gasteiger partial charge on any atom is 0.153 e. The molecule has 0 atom stereocenters. The predicted molar refractivity (Wildman–Crippen MR) is 66.0 cm³/mol. The number of nitrogens with zero attached hydrogens (tertiary/aromatic N) is 1. The average molecular weight is 300 g/mol. The zero-order valence-electron chi connectivity index (χ0n) is 8.55. The van der Waals surface area contributed by atoms with Crippen LogP contribution in [0.1, 0.15) is 0 Å². The summed E-state index contributed by atoms with van der Waals surface area (Å²) in [6, 6.07) is 5.34. The fourth-order valence-electron chi connectivity index (χ4n) is 1.27. The molecule has 1 aromatic carbocycles. The molecule has 0 aliphatic carbocycles. The lowest BCUT2D eigenvalue weighted by molar-refractivity contribution is 0.598. The van der Waals surface area contributed by atoms with Crippen LogP contribution in [0.25, 0.3) is 0 Å². The van der Waals surface area contributed by atoms with Gasteiger partial charge in [0.2, 0.25) is 0 Å². The molecule has 0 aliphatic rings. The Labute approximate surface area is 105 Å². The van der Waals surface area contributed by atoms with Crippen molar-refractivity contribution in [3.05, 3.63) is 46.6 Å². The Morgan fingerprint density at radius 2 is 2.00 bits per heavy atom. The quantitative estimate of drug-likeness (QED) is 0.835. The molecule has 0 bridgehead atoms. The van der Waals surface area contributed by atoms with E-state index in [0.29, 0.717) is 5.69 Å². The molecule has 0 radical (unpaired) electrons. The minimum atomic E-state index is -0.594. The van der Waals surface area contributed by atoms with Gasteiger partial charge in [0, 0.05) is 12.3 Å². The Kier molecular flexibility index (Phi) is 3.23. The lowest BCUT2D eigenvalue weighted by Crippen LogP contribution is -2.01. The number of aromatic nitrogens is 1. The summed E-state index contributed by atoms with van der Waals surface area (Å²) < 4.78 is 26.8. The Morgan fingerprint density at radius 3 is 2.71 bits per heavy atom. The van der Waals surface area contributed by atoms with Gasteiger partial charge in [-0.2, -0.15) is 0 Å². The molecule has 0 fully saturated rings. The van der Waals surface area contributed by atoms with E-state index in [4.69, 9.17) is 5.73 Å². The van der Waals surface area contributed by atoms with E-state index in [1.54, 1.807) is 12.1 Å². The molecule has 3 N–H and O–H groups in total. The Balaban J connectivity index is 2.37. The molecule has 0 spiro atoms. The molecule has 0 amide bonds. The van der Waals surface area contributed by atoms with Crippen LogP contribution in [-0.4, -0.2) is 4.98 Å². The molecule has 1 heterocycles. The van der Waals surface area contributed by atoms with Crippen molar-refractivity contribution in [1.29, 1.82) is 0 Å². The third kappa shape index (κ3) is 2.52. The Bertz CT molecular complexity index is 560. The SMILES string of the molecule is Nc1cccnc1Nc1cc(F)c(Br)cc1F. The molecule has 0 aliphatic heterocycles. The zero-order valence-corrected chi connectivity index (χ0v) is 10.1. The second kappa shape index (κ2) is 4.67. The molecule has 3 nitrogen and oxygen atoms in total. The highest BCUT2D eigenvalue weighted by atomic mass is 79.9. The molecule has 1 aromatic heterocycles. The standard InChI is InChI=1S/C11H8BrF2N3/c12-6-4-8(14)10(5-7(6)13)17-11-9(15)2-1-3-16-11/h1-5H,15H2,(H,16,17). The van der Waals surface area contributed by atoms with E-state index < -0.39 is 11.6 Å². The average Bonchev–Trinajstić information content (AvgIpc) is 2.29. The largest absolute Gasteiger partial charge is 0.396 e.